The lowest BCUT2D eigenvalue weighted by Crippen LogP contribution is -2.43. The molecule has 1 N–H and O–H groups in total. The molecule has 30 heavy (non-hydrogen) atoms. The van der Waals surface area contributed by atoms with Crippen molar-refractivity contribution in [2.75, 3.05) is 33.2 Å². The highest BCUT2D eigenvalue weighted by atomic mass is 19.1. The fraction of sp³-hybridized carbons (Fsp3) is 0.364. The second-order valence-corrected chi connectivity index (χ2v) is 7.04. The first-order valence-corrected chi connectivity index (χ1v) is 9.53. The molecule has 0 saturated heterocycles. The van der Waals surface area contributed by atoms with Crippen LogP contribution in [0.15, 0.2) is 30.3 Å². The molecule has 1 aliphatic rings. The fourth-order valence-electron chi connectivity index (χ4n) is 3.60. The van der Waals surface area contributed by atoms with Gasteiger partial charge in [-0.2, -0.15) is 0 Å². The minimum atomic E-state index is -0.559. The van der Waals surface area contributed by atoms with Crippen molar-refractivity contribution in [3.8, 4) is 11.5 Å². The number of halogens is 1. The number of nitrogens with zero attached hydrogens (tertiary/aromatic N) is 1. The number of esters is 1. The molecule has 3 rings (SSSR count). The van der Waals surface area contributed by atoms with Crippen LogP contribution in [0.25, 0.3) is 0 Å². The monoisotopic (exact) mass is 416 g/mol. The van der Waals surface area contributed by atoms with E-state index < -0.39 is 23.9 Å². The molecule has 160 valence electrons. The third kappa shape index (κ3) is 4.32. The smallest absolute Gasteiger partial charge is 0.322 e. The van der Waals surface area contributed by atoms with Gasteiger partial charge < -0.3 is 24.4 Å². The lowest BCUT2D eigenvalue weighted by Gasteiger charge is -2.37. The van der Waals surface area contributed by atoms with Gasteiger partial charge in [0.05, 0.1) is 33.8 Å². The molecule has 1 aliphatic heterocycles. The quantitative estimate of drug-likeness (QED) is 0.750. The summed E-state index contributed by atoms with van der Waals surface area (Å²) in [5, 5.41) is 2.72. The molecular formula is C22H25FN2O5. The molecule has 0 unspecified atom stereocenters. The number of rotatable bonds is 5. The van der Waals surface area contributed by atoms with Crippen LogP contribution in [0.1, 0.15) is 29.2 Å². The van der Waals surface area contributed by atoms with Crippen LogP contribution in [0.3, 0.4) is 0 Å². The molecule has 0 bridgehead atoms. The van der Waals surface area contributed by atoms with E-state index in [4.69, 9.17) is 14.2 Å². The first-order valence-electron chi connectivity index (χ1n) is 9.53. The van der Waals surface area contributed by atoms with Gasteiger partial charge in [0.15, 0.2) is 11.5 Å². The van der Waals surface area contributed by atoms with Crippen molar-refractivity contribution >= 4 is 17.7 Å². The Morgan fingerprint density at radius 1 is 1.13 bits per heavy atom. The van der Waals surface area contributed by atoms with Gasteiger partial charge in [-0.05, 0) is 54.3 Å². The number of aryl methyl sites for hydroxylation is 1. The van der Waals surface area contributed by atoms with Crippen LogP contribution in [0, 0.1) is 12.7 Å². The molecule has 0 fully saturated rings. The fourth-order valence-corrected chi connectivity index (χ4v) is 3.60. The minimum Gasteiger partial charge on any atom is -0.493 e. The normalized spacial score (nSPS) is 15.2. The van der Waals surface area contributed by atoms with Crippen LogP contribution in [0.5, 0.6) is 11.5 Å². The number of anilines is 1. The van der Waals surface area contributed by atoms with Crippen molar-refractivity contribution in [3.63, 3.8) is 0 Å². The van der Waals surface area contributed by atoms with Gasteiger partial charge in [0.25, 0.3) is 0 Å². The first-order chi connectivity index (χ1) is 14.4. The minimum absolute atomic E-state index is 0.0192. The Bertz CT molecular complexity index is 963. The van der Waals surface area contributed by atoms with Gasteiger partial charge in [0, 0.05) is 12.2 Å². The number of hydrogen-bond acceptors (Lipinski definition) is 5. The van der Waals surface area contributed by atoms with E-state index in [1.54, 1.807) is 37.1 Å². The van der Waals surface area contributed by atoms with E-state index >= 15 is 0 Å². The number of benzene rings is 2. The van der Waals surface area contributed by atoms with Gasteiger partial charge in [0.2, 0.25) is 0 Å². The summed E-state index contributed by atoms with van der Waals surface area (Å²) in [4.78, 5) is 26.7. The van der Waals surface area contributed by atoms with E-state index in [0.717, 1.165) is 11.1 Å². The zero-order valence-corrected chi connectivity index (χ0v) is 17.5. The molecule has 0 saturated carbocycles. The summed E-state index contributed by atoms with van der Waals surface area (Å²) >= 11 is 0. The number of nitrogens with one attached hydrogen (secondary N) is 1. The average Bonchev–Trinajstić information content (AvgIpc) is 2.75. The van der Waals surface area contributed by atoms with E-state index in [1.165, 1.54) is 20.3 Å². The Balaban J connectivity index is 1.94. The number of hydrogen-bond donors (Lipinski definition) is 1. The predicted octanol–water partition coefficient (Wildman–Crippen LogP) is 3.85. The first kappa shape index (κ1) is 21.4. The largest absolute Gasteiger partial charge is 0.493 e. The van der Waals surface area contributed by atoms with Gasteiger partial charge in [-0.1, -0.05) is 6.07 Å². The van der Waals surface area contributed by atoms with Crippen molar-refractivity contribution in [1.82, 2.24) is 4.90 Å². The molecule has 1 heterocycles. The highest BCUT2D eigenvalue weighted by Gasteiger charge is 2.34. The molecule has 1 atom stereocenters. The summed E-state index contributed by atoms with van der Waals surface area (Å²) in [6, 6.07) is 7.17. The van der Waals surface area contributed by atoms with Gasteiger partial charge in [-0.3, -0.25) is 4.79 Å². The second-order valence-electron chi connectivity index (χ2n) is 7.04. The summed E-state index contributed by atoms with van der Waals surface area (Å²) in [5.41, 5.74) is 2.59. The second kappa shape index (κ2) is 9.02. The van der Waals surface area contributed by atoms with Crippen LogP contribution in [-0.4, -0.2) is 44.8 Å². The van der Waals surface area contributed by atoms with Crippen molar-refractivity contribution in [3.05, 3.63) is 52.8 Å². The van der Waals surface area contributed by atoms with Crippen LogP contribution >= 0.6 is 0 Å². The van der Waals surface area contributed by atoms with Gasteiger partial charge in [-0.25, -0.2) is 9.18 Å². The predicted molar refractivity (Wildman–Crippen MR) is 109 cm³/mol. The summed E-state index contributed by atoms with van der Waals surface area (Å²) in [7, 11) is 4.39. The molecule has 2 amide bonds. The van der Waals surface area contributed by atoms with Crippen molar-refractivity contribution in [1.29, 1.82) is 0 Å². The molecular weight excluding hydrogens is 391 g/mol. The Kier molecular flexibility index (Phi) is 6.44. The van der Waals surface area contributed by atoms with E-state index in [1.807, 2.05) is 6.07 Å². The topological polar surface area (TPSA) is 77.1 Å². The van der Waals surface area contributed by atoms with E-state index in [-0.39, 0.29) is 6.42 Å². The molecule has 0 radical (unpaired) electrons. The summed E-state index contributed by atoms with van der Waals surface area (Å²) in [6.45, 7) is 2.03. The maximum absolute atomic E-state index is 13.9. The number of carbonyl (C=O) groups is 2. The van der Waals surface area contributed by atoms with Crippen LogP contribution in [-0.2, 0) is 16.0 Å². The Morgan fingerprint density at radius 2 is 1.83 bits per heavy atom. The average molecular weight is 416 g/mol. The number of carbonyl (C=O) groups excluding carboxylic acids is 2. The maximum atomic E-state index is 13.9. The highest BCUT2D eigenvalue weighted by molar-refractivity contribution is 5.90. The lowest BCUT2D eigenvalue weighted by atomic mass is 9.90. The van der Waals surface area contributed by atoms with Gasteiger partial charge in [0.1, 0.15) is 5.82 Å². The van der Waals surface area contributed by atoms with Crippen molar-refractivity contribution in [2.45, 2.75) is 25.8 Å². The summed E-state index contributed by atoms with van der Waals surface area (Å²) in [5.74, 6) is 0.247. The highest BCUT2D eigenvalue weighted by Crippen LogP contribution is 2.39. The maximum Gasteiger partial charge on any atom is 0.322 e. The number of fused-ring (bicyclic) bond motifs is 1. The third-order valence-corrected chi connectivity index (χ3v) is 5.27. The lowest BCUT2D eigenvalue weighted by molar-refractivity contribution is -0.141. The van der Waals surface area contributed by atoms with Crippen LogP contribution in [0.2, 0.25) is 0 Å². The number of ether oxygens (including phenoxy) is 3. The zero-order chi connectivity index (χ0) is 21.8. The molecule has 0 spiro atoms. The van der Waals surface area contributed by atoms with Gasteiger partial charge >= 0.3 is 12.0 Å². The zero-order valence-electron chi connectivity index (χ0n) is 17.5. The Labute approximate surface area is 174 Å². The number of urea groups is 1. The summed E-state index contributed by atoms with van der Waals surface area (Å²) < 4.78 is 29.5. The molecule has 8 heteroatoms. The number of amides is 2. The Morgan fingerprint density at radius 3 is 2.47 bits per heavy atom. The van der Waals surface area contributed by atoms with Crippen molar-refractivity contribution < 1.29 is 28.2 Å². The summed E-state index contributed by atoms with van der Waals surface area (Å²) in [6.07, 6.45) is 0.553. The van der Waals surface area contributed by atoms with Crippen molar-refractivity contribution in [2.24, 2.45) is 0 Å². The number of methoxy groups -OCH3 is 3. The Hall–Kier alpha value is -3.29. The molecule has 7 nitrogen and oxygen atoms in total. The third-order valence-electron chi connectivity index (χ3n) is 5.27. The molecule has 0 aromatic heterocycles. The van der Waals surface area contributed by atoms with Crippen LogP contribution in [0.4, 0.5) is 14.9 Å². The van der Waals surface area contributed by atoms with E-state index in [0.29, 0.717) is 35.7 Å². The standard InChI is InChI=1S/C22H25FN2O5/c1-13-5-6-15(10-17(13)23)24-22(27)25-8-7-14-9-19(28-2)20(29-3)11-16(14)18(25)12-21(26)30-4/h5-6,9-11,18H,7-8,12H2,1-4H3,(H,24,27)/t18-/m0/s1. The van der Waals surface area contributed by atoms with E-state index in [9.17, 15) is 14.0 Å². The van der Waals surface area contributed by atoms with Gasteiger partial charge in [-0.15, -0.1) is 0 Å². The molecule has 2 aromatic rings. The van der Waals surface area contributed by atoms with E-state index in [2.05, 4.69) is 5.32 Å². The molecule has 0 aliphatic carbocycles. The van der Waals surface area contributed by atoms with Crippen LogP contribution < -0.4 is 14.8 Å². The molecule has 2 aromatic carbocycles. The SMILES string of the molecule is COC(=O)C[C@H]1c2cc(OC)c(OC)cc2CCN1C(=O)Nc1ccc(C)c(F)c1.